The highest BCUT2D eigenvalue weighted by atomic mass is 19.4. The number of H-pyrrole nitrogens is 1. The smallest absolute Gasteiger partial charge is 0.344 e. The number of nitrogens with one attached hydrogen (secondary N) is 3. The van der Waals surface area contributed by atoms with E-state index < -0.39 is 17.6 Å². The molecule has 0 aliphatic carbocycles. The van der Waals surface area contributed by atoms with Gasteiger partial charge in [0.05, 0.1) is 28.5 Å². The molecule has 0 bridgehead atoms. The van der Waals surface area contributed by atoms with Crippen LogP contribution in [0.5, 0.6) is 0 Å². The Morgan fingerprint density at radius 1 is 1.26 bits per heavy atom. The molecule has 2 aromatic carbocycles. The van der Waals surface area contributed by atoms with Gasteiger partial charge >= 0.3 is 6.18 Å². The third-order valence-electron chi connectivity index (χ3n) is 4.80. The first-order valence-electron chi connectivity index (χ1n) is 8.52. The summed E-state index contributed by atoms with van der Waals surface area (Å²) in [6, 6.07) is 7.35. The van der Waals surface area contributed by atoms with E-state index in [0.29, 0.717) is 18.2 Å². The molecular formula is C19H17F3N4O. The molecular weight excluding hydrogens is 357 g/mol. The fraction of sp³-hybridized carbons (Fsp3) is 0.263. The molecule has 5 nitrogen and oxygen atoms in total. The second-order valence-corrected chi connectivity index (χ2v) is 6.72. The van der Waals surface area contributed by atoms with Crippen molar-refractivity contribution in [3.63, 3.8) is 0 Å². The van der Waals surface area contributed by atoms with Crippen molar-refractivity contribution in [3.8, 4) is 0 Å². The fourth-order valence-corrected chi connectivity index (χ4v) is 3.44. The molecule has 1 aromatic heterocycles. The molecule has 2 heterocycles. The van der Waals surface area contributed by atoms with E-state index in [4.69, 9.17) is 0 Å². The fourth-order valence-electron chi connectivity index (χ4n) is 3.44. The van der Waals surface area contributed by atoms with E-state index in [1.54, 1.807) is 6.07 Å². The van der Waals surface area contributed by atoms with Crippen molar-refractivity contribution in [2.45, 2.75) is 25.6 Å². The lowest BCUT2D eigenvalue weighted by Gasteiger charge is -2.24. The number of benzene rings is 2. The van der Waals surface area contributed by atoms with Crippen LogP contribution in [0.25, 0.3) is 11.0 Å². The number of aromatic amines is 1. The van der Waals surface area contributed by atoms with Gasteiger partial charge in [0.2, 0.25) is 0 Å². The van der Waals surface area contributed by atoms with Crippen LogP contribution < -0.4 is 10.6 Å². The quantitative estimate of drug-likeness (QED) is 0.634. The van der Waals surface area contributed by atoms with Gasteiger partial charge < -0.3 is 15.6 Å². The van der Waals surface area contributed by atoms with Crippen LogP contribution in [0.2, 0.25) is 0 Å². The molecule has 1 aliphatic rings. The number of fused-ring (bicyclic) bond motifs is 2. The summed E-state index contributed by atoms with van der Waals surface area (Å²) in [7, 11) is 0. The van der Waals surface area contributed by atoms with Crippen LogP contribution in [0.1, 0.15) is 39.9 Å². The van der Waals surface area contributed by atoms with Gasteiger partial charge in [0, 0.05) is 18.8 Å². The van der Waals surface area contributed by atoms with E-state index in [9.17, 15) is 18.0 Å². The van der Waals surface area contributed by atoms with Gasteiger partial charge in [-0.1, -0.05) is 13.0 Å². The lowest BCUT2D eigenvalue weighted by Crippen LogP contribution is -2.26. The molecule has 1 aliphatic heterocycles. The van der Waals surface area contributed by atoms with Crippen LogP contribution in [0.15, 0.2) is 36.7 Å². The highest BCUT2D eigenvalue weighted by Crippen LogP contribution is 2.33. The zero-order valence-electron chi connectivity index (χ0n) is 14.4. The van der Waals surface area contributed by atoms with Crippen molar-refractivity contribution in [3.05, 3.63) is 58.9 Å². The molecule has 1 amide bonds. The molecule has 8 heteroatoms. The number of hydrogen-bond acceptors (Lipinski definition) is 3. The normalized spacial score (nSPS) is 17.0. The van der Waals surface area contributed by atoms with Crippen LogP contribution in [0.3, 0.4) is 0 Å². The predicted molar refractivity (Wildman–Crippen MR) is 95.6 cm³/mol. The van der Waals surface area contributed by atoms with E-state index in [2.05, 4.69) is 27.5 Å². The molecule has 0 spiro atoms. The van der Waals surface area contributed by atoms with Gasteiger partial charge in [-0.15, -0.1) is 0 Å². The minimum absolute atomic E-state index is 0.0958. The topological polar surface area (TPSA) is 69.8 Å². The number of rotatable bonds is 2. The highest BCUT2D eigenvalue weighted by molar-refractivity contribution is 6.11. The standard InChI is InChI=1S/C19H17F3N4O/c1-10-7-23-8-11-4-13(2-3-14(10)11)26-18(27)15-5-12(19(20,21)22)6-16-17(15)25-9-24-16/h2-6,9-10,23H,7-8H2,1H3,(H,24,25)(H,26,27)/t10-/m0/s1. The van der Waals surface area contributed by atoms with Crippen molar-refractivity contribution >= 4 is 22.6 Å². The number of alkyl halides is 3. The Morgan fingerprint density at radius 3 is 2.85 bits per heavy atom. The summed E-state index contributed by atoms with van der Waals surface area (Å²) in [4.78, 5) is 19.3. The van der Waals surface area contributed by atoms with E-state index in [1.807, 2.05) is 12.1 Å². The number of imidazole rings is 1. The lowest BCUT2D eigenvalue weighted by atomic mass is 9.92. The van der Waals surface area contributed by atoms with Crippen molar-refractivity contribution in [2.75, 3.05) is 11.9 Å². The summed E-state index contributed by atoms with van der Waals surface area (Å²) in [6.45, 7) is 3.69. The predicted octanol–water partition coefficient (Wildman–Crippen LogP) is 4.04. The molecule has 27 heavy (non-hydrogen) atoms. The Balaban J connectivity index is 1.68. The Hall–Kier alpha value is -2.87. The molecule has 3 aromatic rings. The maximum absolute atomic E-state index is 13.1. The summed E-state index contributed by atoms with van der Waals surface area (Å²) in [5.41, 5.74) is 2.19. The number of hydrogen-bond donors (Lipinski definition) is 3. The van der Waals surface area contributed by atoms with Gasteiger partial charge in [0.25, 0.3) is 5.91 Å². The van der Waals surface area contributed by atoms with Crippen molar-refractivity contribution in [1.29, 1.82) is 0 Å². The average Bonchev–Trinajstić information content (AvgIpc) is 3.09. The van der Waals surface area contributed by atoms with Gasteiger partial charge in [-0.05, 0) is 41.3 Å². The van der Waals surface area contributed by atoms with Gasteiger partial charge in [-0.2, -0.15) is 13.2 Å². The second kappa shape index (κ2) is 6.38. The molecule has 3 N–H and O–H groups in total. The number of anilines is 1. The number of amides is 1. The van der Waals surface area contributed by atoms with Gasteiger partial charge in [-0.25, -0.2) is 4.98 Å². The Labute approximate surface area is 153 Å². The van der Waals surface area contributed by atoms with Crippen LogP contribution in [-0.2, 0) is 12.7 Å². The molecule has 1 atom stereocenters. The van der Waals surface area contributed by atoms with Gasteiger partial charge in [0.15, 0.2) is 0 Å². The van der Waals surface area contributed by atoms with E-state index in [1.165, 1.54) is 11.9 Å². The number of carbonyl (C=O) groups is 1. The van der Waals surface area contributed by atoms with Gasteiger partial charge in [-0.3, -0.25) is 4.79 Å². The number of nitrogens with zero attached hydrogens (tertiary/aromatic N) is 1. The minimum atomic E-state index is -4.56. The van der Waals surface area contributed by atoms with Crippen LogP contribution >= 0.6 is 0 Å². The molecule has 0 saturated carbocycles. The molecule has 4 rings (SSSR count). The molecule has 0 radical (unpaired) electrons. The summed E-state index contributed by atoms with van der Waals surface area (Å²) in [5.74, 6) is -0.251. The molecule has 0 saturated heterocycles. The lowest BCUT2D eigenvalue weighted by molar-refractivity contribution is -0.137. The zero-order chi connectivity index (χ0) is 19.2. The van der Waals surface area contributed by atoms with E-state index >= 15 is 0 Å². The van der Waals surface area contributed by atoms with E-state index in [-0.39, 0.29) is 16.6 Å². The first-order chi connectivity index (χ1) is 12.8. The summed E-state index contributed by atoms with van der Waals surface area (Å²) in [5, 5.41) is 6.00. The zero-order valence-corrected chi connectivity index (χ0v) is 14.4. The SMILES string of the molecule is C[C@H]1CNCc2cc(NC(=O)c3cc(C(F)(F)F)cc4nc[nH]c34)ccc21. The van der Waals surface area contributed by atoms with Crippen molar-refractivity contribution < 1.29 is 18.0 Å². The Kier molecular flexibility index (Phi) is 4.15. The maximum atomic E-state index is 13.1. The third kappa shape index (κ3) is 3.28. The number of aromatic nitrogens is 2. The average molecular weight is 374 g/mol. The number of halogens is 3. The highest BCUT2D eigenvalue weighted by Gasteiger charge is 2.32. The molecule has 0 unspecified atom stereocenters. The van der Waals surface area contributed by atoms with E-state index in [0.717, 1.165) is 24.2 Å². The van der Waals surface area contributed by atoms with Crippen LogP contribution in [0.4, 0.5) is 18.9 Å². The van der Waals surface area contributed by atoms with Crippen molar-refractivity contribution in [2.24, 2.45) is 0 Å². The van der Waals surface area contributed by atoms with Crippen LogP contribution in [-0.4, -0.2) is 22.4 Å². The summed E-state index contributed by atoms with van der Waals surface area (Å²) in [6.07, 6.45) is -3.29. The first kappa shape index (κ1) is 17.5. The second-order valence-electron chi connectivity index (χ2n) is 6.72. The van der Waals surface area contributed by atoms with Crippen molar-refractivity contribution in [1.82, 2.24) is 15.3 Å². The maximum Gasteiger partial charge on any atom is 0.416 e. The summed E-state index contributed by atoms with van der Waals surface area (Å²) >= 11 is 0. The third-order valence-corrected chi connectivity index (χ3v) is 4.80. The van der Waals surface area contributed by atoms with Gasteiger partial charge in [0.1, 0.15) is 0 Å². The monoisotopic (exact) mass is 374 g/mol. The molecule has 0 fully saturated rings. The van der Waals surface area contributed by atoms with Crippen LogP contribution in [0, 0.1) is 0 Å². The minimum Gasteiger partial charge on any atom is -0.344 e. The first-order valence-corrected chi connectivity index (χ1v) is 8.52. The molecule has 140 valence electrons. The largest absolute Gasteiger partial charge is 0.416 e. The summed E-state index contributed by atoms with van der Waals surface area (Å²) < 4.78 is 39.4. The Bertz CT molecular complexity index is 1030. The number of carbonyl (C=O) groups excluding carboxylic acids is 1. The Morgan fingerprint density at radius 2 is 2.07 bits per heavy atom.